The molecule has 2 aliphatic rings. The van der Waals surface area contributed by atoms with Gasteiger partial charge < -0.3 is 4.74 Å². The van der Waals surface area contributed by atoms with Crippen LogP contribution >= 0.6 is 0 Å². The van der Waals surface area contributed by atoms with E-state index in [9.17, 15) is 0 Å². The minimum absolute atomic E-state index is 0.887. The third-order valence-electron chi connectivity index (χ3n) is 4.22. The standard InChI is InChI=1S/C21H18NO/c1-22(2)17-10-7-16(8-11-17)20-14-12-19-18-6-4-3-5-15(18)9-13-21(19)23-20/h3-14H,1-2H3/q+1. The van der Waals surface area contributed by atoms with E-state index in [1.54, 1.807) is 0 Å². The Balaban J connectivity index is 1.76. The fourth-order valence-electron chi connectivity index (χ4n) is 2.93. The zero-order chi connectivity index (χ0) is 15.8. The van der Waals surface area contributed by atoms with Crippen LogP contribution in [-0.4, -0.2) is 24.4 Å². The topological polar surface area (TPSA) is 12.2 Å². The molecule has 0 atom stereocenters. The fourth-order valence-corrected chi connectivity index (χ4v) is 2.93. The smallest absolute Gasteiger partial charge is 0.199 e. The molecule has 0 saturated heterocycles. The first-order valence-corrected chi connectivity index (χ1v) is 7.75. The maximum absolute atomic E-state index is 6.14. The van der Waals surface area contributed by atoms with Crippen molar-refractivity contribution in [3.63, 3.8) is 0 Å². The molecule has 0 radical (unpaired) electrons. The van der Waals surface area contributed by atoms with E-state index >= 15 is 0 Å². The van der Waals surface area contributed by atoms with E-state index in [0.717, 1.165) is 22.6 Å². The van der Waals surface area contributed by atoms with Crippen LogP contribution in [0.1, 0.15) is 5.56 Å². The second kappa shape index (κ2) is 5.40. The summed E-state index contributed by atoms with van der Waals surface area (Å²) in [6.45, 7) is 0. The van der Waals surface area contributed by atoms with E-state index in [-0.39, 0.29) is 0 Å². The Labute approximate surface area is 136 Å². The molecule has 2 nitrogen and oxygen atoms in total. The molecule has 112 valence electrons. The molecule has 0 bridgehead atoms. The number of hydrogen-bond donors (Lipinski definition) is 0. The molecular weight excluding hydrogens is 282 g/mol. The van der Waals surface area contributed by atoms with Crippen molar-refractivity contribution in [3.8, 4) is 5.75 Å². The molecule has 23 heavy (non-hydrogen) atoms. The summed E-state index contributed by atoms with van der Waals surface area (Å²) in [7, 11) is 4.08. The molecule has 0 amide bonds. The van der Waals surface area contributed by atoms with Gasteiger partial charge in [-0.05, 0) is 41.1 Å². The Morgan fingerprint density at radius 1 is 0.783 bits per heavy atom. The van der Waals surface area contributed by atoms with Gasteiger partial charge in [-0.2, -0.15) is 0 Å². The predicted octanol–water partition coefficient (Wildman–Crippen LogP) is 4.34. The highest BCUT2D eigenvalue weighted by molar-refractivity contribution is 6.02. The van der Waals surface area contributed by atoms with Gasteiger partial charge in [-0.15, -0.1) is 0 Å². The molecule has 0 fully saturated rings. The number of hydrogen-bond acceptors (Lipinski definition) is 1. The van der Waals surface area contributed by atoms with Crippen LogP contribution in [0.15, 0.2) is 78.1 Å². The third kappa shape index (κ3) is 2.42. The Kier molecular flexibility index (Phi) is 3.23. The van der Waals surface area contributed by atoms with Gasteiger partial charge in [0.05, 0.1) is 0 Å². The number of nitrogens with zero attached hydrogens (tertiary/aromatic N) is 1. The molecule has 0 aromatic heterocycles. The van der Waals surface area contributed by atoms with Crippen LogP contribution in [-0.2, 0) is 0 Å². The summed E-state index contributed by atoms with van der Waals surface area (Å²) in [6.07, 6.45) is 12.6. The maximum Gasteiger partial charge on any atom is 0.199 e. The first-order valence-electron chi connectivity index (χ1n) is 7.75. The SMILES string of the molecule is C[N+](C)=C1C=CC(=C2C=Cc3c(ccc4ccccc34)O2)C=C1. The minimum atomic E-state index is 0.887. The minimum Gasteiger partial charge on any atom is -0.456 e. The number of fused-ring (bicyclic) bond motifs is 3. The lowest BCUT2D eigenvalue weighted by molar-refractivity contribution is -0.462. The van der Waals surface area contributed by atoms with Gasteiger partial charge in [0.1, 0.15) is 25.6 Å². The molecule has 2 aromatic rings. The first-order chi connectivity index (χ1) is 11.2. The third-order valence-corrected chi connectivity index (χ3v) is 4.22. The highest BCUT2D eigenvalue weighted by Crippen LogP contribution is 2.35. The van der Waals surface area contributed by atoms with Crippen molar-refractivity contribution in [2.45, 2.75) is 0 Å². The number of ether oxygens (including phenoxy) is 1. The second-order valence-electron chi connectivity index (χ2n) is 5.94. The molecule has 0 spiro atoms. The van der Waals surface area contributed by atoms with Gasteiger partial charge in [0.2, 0.25) is 0 Å². The number of benzene rings is 2. The Morgan fingerprint density at radius 2 is 1.57 bits per heavy atom. The van der Waals surface area contributed by atoms with Gasteiger partial charge in [0, 0.05) is 23.3 Å². The van der Waals surface area contributed by atoms with Crippen molar-refractivity contribution >= 4 is 22.6 Å². The zero-order valence-electron chi connectivity index (χ0n) is 13.3. The first kappa shape index (κ1) is 13.8. The van der Waals surface area contributed by atoms with E-state index < -0.39 is 0 Å². The molecule has 1 aliphatic heterocycles. The maximum atomic E-state index is 6.14. The molecule has 1 aliphatic carbocycles. The van der Waals surface area contributed by atoms with E-state index in [2.05, 4.69) is 77.4 Å². The van der Waals surface area contributed by atoms with E-state index in [0.29, 0.717) is 0 Å². The summed E-state index contributed by atoms with van der Waals surface area (Å²) < 4.78 is 8.23. The Bertz CT molecular complexity index is 933. The molecule has 0 N–H and O–H groups in total. The van der Waals surface area contributed by atoms with Crippen LogP contribution in [0.5, 0.6) is 5.75 Å². The van der Waals surface area contributed by atoms with Gasteiger partial charge in [-0.3, -0.25) is 0 Å². The van der Waals surface area contributed by atoms with Gasteiger partial charge >= 0.3 is 0 Å². The molecule has 4 rings (SSSR count). The van der Waals surface area contributed by atoms with Crippen molar-refractivity contribution in [3.05, 3.63) is 83.7 Å². The summed E-state index contributed by atoms with van der Waals surface area (Å²) in [6, 6.07) is 12.6. The Morgan fingerprint density at radius 3 is 2.35 bits per heavy atom. The quantitative estimate of drug-likeness (QED) is 0.659. The summed E-state index contributed by atoms with van der Waals surface area (Å²) >= 11 is 0. The van der Waals surface area contributed by atoms with Crippen molar-refractivity contribution in [1.82, 2.24) is 0 Å². The summed E-state index contributed by atoms with van der Waals surface area (Å²) in [5, 5.41) is 2.46. The summed E-state index contributed by atoms with van der Waals surface area (Å²) in [5.41, 5.74) is 3.42. The van der Waals surface area contributed by atoms with Crippen molar-refractivity contribution in [2.75, 3.05) is 14.1 Å². The molecular formula is C21H18NO+. The monoisotopic (exact) mass is 300 g/mol. The van der Waals surface area contributed by atoms with Crippen LogP contribution in [0.3, 0.4) is 0 Å². The fraction of sp³-hybridized carbons (Fsp3) is 0.0952. The van der Waals surface area contributed by atoms with Crippen LogP contribution in [0.25, 0.3) is 16.8 Å². The molecule has 0 saturated carbocycles. The van der Waals surface area contributed by atoms with Crippen molar-refractivity contribution in [1.29, 1.82) is 0 Å². The van der Waals surface area contributed by atoms with Crippen LogP contribution < -0.4 is 4.74 Å². The summed E-state index contributed by atoms with van der Waals surface area (Å²) in [4.78, 5) is 0. The summed E-state index contributed by atoms with van der Waals surface area (Å²) in [5.74, 6) is 1.80. The molecule has 2 heteroatoms. The lowest BCUT2D eigenvalue weighted by Crippen LogP contribution is -2.10. The molecule has 2 aromatic carbocycles. The highest BCUT2D eigenvalue weighted by atomic mass is 16.5. The lowest BCUT2D eigenvalue weighted by Gasteiger charge is -2.18. The largest absolute Gasteiger partial charge is 0.456 e. The molecule has 1 heterocycles. The predicted molar refractivity (Wildman–Crippen MR) is 96.0 cm³/mol. The highest BCUT2D eigenvalue weighted by Gasteiger charge is 2.15. The average Bonchev–Trinajstić information content (AvgIpc) is 2.61. The Hall–Kier alpha value is -2.87. The van der Waals surface area contributed by atoms with E-state index in [1.165, 1.54) is 16.5 Å². The van der Waals surface area contributed by atoms with Gasteiger partial charge in [-0.25, -0.2) is 4.58 Å². The zero-order valence-corrected chi connectivity index (χ0v) is 13.3. The van der Waals surface area contributed by atoms with Crippen molar-refractivity contribution in [2.24, 2.45) is 0 Å². The van der Waals surface area contributed by atoms with Crippen molar-refractivity contribution < 1.29 is 9.31 Å². The number of rotatable bonds is 0. The normalized spacial score (nSPS) is 15.8. The lowest BCUT2D eigenvalue weighted by atomic mass is 10.00. The van der Waals surface area contributed by atoms with Gasteiger partial charge in [0.25, 0.3) is 0 Å². The average molecular weight is 300 g/mol. The molecule has 0 unspecified atom stereocenters. The van der Waals surface area contributed by atoms with E-state index in [4.69, 9.17) is 4.74 Å². The van der Waals surface area contributed by atoms with Crippen LogP contribution in [0, 0.1) is 0 Å². The number of allylic oxidation sites excluding steroid dienone is 6. The second-order valence-corrected chi connectivity index (χ2v) is 5.94. The van der Waals surface area contributed by atoms with E-state index in [1.807, 2.05) is 14.1 Å². The van der Waals surface area contributed by atoms with Crippen LogP contribution in [0.2, 0.25) is 0 Å². The van der Waals surface area contributed by atoms with Gasteiger partial charge in [-0.1, -0.05) is 30.3 Å². The van der Waals surface area contributed by atoms with Crippen LogP contribution in [0.4, 0.5) is 0 Å². The van der Waals surface area contributed by atoms with Gasteiger partial charge in [0.15, 0.2) is 5.71 Å².